The lowest BCUT2D eigenvalue weighted by molar-refractivity contribution is 0.0993. The van der Waals surface area contributed by atoms with Crippen LogP contribution in [0.25, 0.3) is 11.4 Å². The highest BCUT2D eigenvalue weighted by molar-refractivity contribution is 6.03. The van der Waals surface area contributed by atoms with Gasteiger partial charge >= 0.3 is 0 Å². The van der Waals surface area contributed by atoms with Crippen molar-refractivity contribution >= 4 is 11.5 Å². The highest BCUT2D eigenvalue weighted by Gasteiger charge is 2.11. The van der Waals surface area contributed by atoms with Gasteiger partial charge in [0.2, 0.25) is 5.82 Å². The van der Waals surface area contributed by atoms with Crippen LogP contribution in [0.5, 0.6) is 0 Å². The van der Waals surface area contributed by atoms with Crippen LogP contribution < -0.4 is 0 Å². The van der Waals surface area contributed by atoms with Gasteiger partial charge in [-0.25, -0.2) is 0 Å². The maximum absolute atomic E-state index is 12.4. The summed E-state index contributed by atoms with van der Waals surface area (Å²) >= 11 is 0. The van der Waals surface area contributed by atoms with E-state index in [9.17, 15) is 4.79 Å². The van der Waals surface area contributed by atoms with Gasteiger partial charge in [-0.3, -0.25) is 4.79 Å². The number of hydrogen-bond donors (Lipinski definition) is 1. The fraction of sp³-hybridized carbons (Fsp3) is 0.118. The molecule has 8 nitrogen and oxygen atoms in total. The van der Waals surface area contributed by atoms with E-state index in [4.69, 9.17) is 0 Å². The summed E-state index contributed by atoms with van der Waals surface area (Å²) < 4.78 is 0. The Morgan fingerprint density at radius 3 is 2.40 bits per heavy atom. The molecular formula is C17H13N7O. The molecule has 2 heterocycles. The first-order valence-electron chi connectivity index (χ1n) is 7.69. The van der Waals surface area contributed by atoms with Crippen LogP contribution in [0.2, 0.25) is 0 Å². The monoisotopic (exact) mass is 331 g/mol. The maximum atomic E-state index is 12.4. The summed E-state index contributed by atoms with van der Waals surface area (Å²) in [6.07, 6.45) is 0.336. The molecule has 0 atom stereocenters. The third-order valence-electron chi connectivity index (χ3n) is 3.91. The molecule has 122 valence electrons. The van der Waals surface area contributed by atoms with Crippen LogP contribution in [0.3, 0.4) is 0 Å². The lowest BCUT2D eigenvalue weighted by atomic mass is 10.00. The number of ketones is 1. The van der Waals surface area contributed by atoms with E-state index >= 15 is 0 Å². The van der Waals surface area contributed by atoms with Gasteiger partial charge in [0.15, 0.2) is 5.78 Å². The van der Waals surface area contributed by atoms with Crippen LogP contribution >= 0.6 is 0 Å². The SMILES string of the molecule is O=C(Cc1ccc(C2=NN=NC2)cc1)c1ccc(-c2nn[nH]n2)cc1. The second-order valence-electron chi connectivity index (χ2n) is 5.55. The average Bonchev–Trinajstić information content (AvgIpc) is 3.36. The van der Waals surface area contributed by atoms with Crippen LogP contribution in [-0.2, 0) is 6.42 Å². The molecule has 1 aromatic heterocycles. The van der Waals surface area contributed by atoms with Crippen molar-refractivity contribution in [1.29, 1.82) is 0 Å². The Balaban J connectivity index is 1.44. The first kappa shape index (κ1) is 15.0. The van der Waals surface area contributed by atoms with Crippen molar-refractivity contribution in [2.75, 3.05) is 6.54 Å². The Hall–Kier alpha value is -3.55. The number of aromatic nitrogens is 4. The number of benzene rings is 2. The van der Waals surface area contributed by atoms with E-state index in [0.717, 1.165) is 22.4 Å². The normalized spacial score (nSPS) is 13.0. The first-order valence-corrected chi connectivity index (χ1v) is 7.69. The number of aromatic amines is 1. The summed E-state index contributed by atoms with van der Waals surface area (Å²) in [4.78, 5) is 12.4. The Labute approximate surface area is 142 Å². The van der Waals surface area contributed by atoms with E-state index in [1.54, 1.807) is 12.1 Å². The molecule has 0 amide bonds. The number of carbonyl (C=O) groups excluding carboxylic acids is 1. The molecule has 0 aliphatic carbocycles. The van der Waals surface area contributed by atoms with Gasteiger partial charge in [-0.05, 0) is 21.6 Å². The number of nitrogens with zero attached hydrogens (tertiary/aromatic N) is 6. The molecule has 0 saturated heterocycles. The minimum atomic E-state index is 0.0515. The van der Waals surface area contributed by atoms with E-state index in [1.165, 1.54) is 0 Å². The van der Waals surface area contributed by atoms with E-state index in [-0.39, 0.29) is 5.78 Å². The Kier molecular flexibility index (Phi) is 3.91. The largest absolute Gasteiger partial charge is 0.294 e. The average molecular weight is 331 g/mol. The highest BCUT2D eigenvalue weighted by Crippen LogP contribution is 2.16. The molecule has 0 radical (unpaired) electrons. The molecular weight excluding hydrogens is 318 g/mol. The van der Waals surface area contributed by atoms with Crippen molar-refractivity contribution < 1.29 is 4.79 Å². The van der Waals surface area contributed by atoms with Crippen LogP contribution in [0.4, 0.5) is 0 Å². The fourth-order valence-corrected chi connectivity index (χ4v) is 2.56. The molecule has 1 N–H and O–H groups in total. The lowest BCUT2D eigenvalue weighted by Gasteiger charge is -2.04. The van der Waals surface area contributed by atoms with Crippen molar-refractivity contribution in [3.05, 3.63) is 65.2 Å². The zero-order chi connectivity index (χ0) is 17.1. The van der Waals surface area contributed by atoms with E-state index in [0.29, 0.717) is 24.4 Å². The summed E-state index contributed by atoms with van der Waals surface area (Å²) in [5.74, 6) is 0.554. The number of hydrogen-bond acceptors (Lipinski definition) is 7. The molecule has 0 unspecified atom stereocenters. The molecule has 0 spiro atoms. The van der Waals surface area contributed by atoms with Gasteiger partial charge in [-0.2, -0.15) is 10.3 Å². The topological polar surface area (TPSA) is 109 Å². The van der Waals surface area contributed by atoms with E-state index in [2.05, 4.69) is 36.1 Å². The standard InChI is InChI=1S/C17H13N7O/c25-16(13-5-7-14(8-6-13)17-20-23-24-21-17)9-11-1-3-12(4-2-11)15-10-18-22-19-15/h1-8H,9-10H2,(H,20,21,23,24). The minimum Gasteiger partial charge on any atom is -0.294 e. The summed E-state index contributed by atoms with van der Waals surface area (Å²) in [6, 6.07) is 14.9. The van der Waals surface area contributed by atoms with E-state index < -0.39 is 0 Å². The number of rotatable bonds is 5. The zero-order valence-electron chi connectivity index (χ0n) is 13.1. The van der Waals surface area contributed by atoms with Gasteiger partial charge in [0.25, 0.3) is 0 Å². The van der Waals surface area contributed by atoms with Gasteiger partial charge in [0.05, 0.1) is 5.71 Å². The van der Waals surface area contributed by atoms with Crippen LogP contribution in [-0.4, -0.2) is 38.7 Å². The summed E-state index contributed by atoms with van der Waals surface area (Å²) in [5.41, 5.74) is 4.22. The Bertz CT molecular complexity index is 942. The number of H-pyrrole nitrogens is 1. The lowest BCUT2D eigenvalue weighted by Crippen LogP contribution is -2.05. The number of carbonyl (C=O) groups is 1. The number of nitrogens with one attached hydrogen (secondary N) is 1. The smallest absolute Gasteiger partial charge is 0.204 e. The molecule has 0 saturated carbocycles. The Morgan fingerprint density at radius 1 is 1.00 bits per heavy atom. The van der Waals surface area contributed by atoms with Gasteiger partial charge in [0, 0.05) is 17.5 Å². The van der Waals surface area contributed by atoms with Crippen molar-refractivity contribution in [2.45, 2.75) is 6.42 Å². The highest BCUT2D eigenvalue weighted by atomic mass is 16.1. The van der Waals surface area contributed by atoms with Gasteiger partial charge in [-0.1, -0.05) is 48.5 Å². The molecule has 25 heavy (non-hydrogen) atoms. The van der Waals surface area contributed by atoms with Gasteiger partial charge in [-0.15, -0.1) is 15.3 Å². The third-order valence-corrected chi connectivity index (χ3v) is 3.91. The summed E-state index contributed by atoms with van der Waals surface area (Å²) in [6.45, 7) is 0.505. The molecule has 3 aromatic rings. The van der Waals surface area contributed by atoms with Crippen molar-refractivity contribution in [1.82, 2.24) is 20.6 Å². The van der Waals surface area contributed by atoms with Crippen molar-refractivity contribution in [3.8, 4) is 11.4 Å². The first-order chi connectivity index (χ1) is 12.3. The molecule has 1 aliphatic rings. The molecule has 4 rings (SSSR count). The predicted octanol–water partition coefficient (Wildman–Crippen LogP) is 2.46. The zero-order valence-corrected chi connectivity index (χ0v) is 13.1. The molecule has 0 fully saturated rings. The Morgan fingerprint density at radius 2 is 1.76 bits per heavy atom. The predicted molar refractivity (Wildman–Crippen MR) is 90.4 cm³/mol. The molecule has 1 aliphatic heterocycles. The molecule has 0 bridgehead atoms. The summed E-state index contributed by atoms with van der Waals surface area (Å²) in [7, 11) is 0. The van der Waals surface area contributed by atoms with Crippen molar-refractivity contribution in [3.63, 3.8) is 0 Å². The van der Waals surface area contributed by atoms with Crippen LogP contribution in [0, 0.1) is 0 Å². The van der Waals surface area contributed by atoms with Gasteiger partial charge < -0.3 is 0 Å². The van der Waals surface area contributed by atoms with Crippen LogP contribution in [0.1, 0.15) is 21.5 Å². The second kappa shape index (κ2) is 6.52. The third kappa shape index (κ3) is 3.23. The van der Waals surface area contributed by atoms with Crippen LogP contribution in [0.15, 0.2) is 64.0 Å². The summed E-state index contributed by atoms with van der Waals surface area (Å²) in [5, 5.41) is 25.2. The van der Waals surface area contributed by atoms with E-state index in [1.807, 2.05) is 36.4 Å². The minimum absolute atomic E-state index is 0.0515. The van der Waals surface area contributed by atoms with Gasteiger partial charge in [0.1, 0.15) is 6.54 Å². The second-order valence-corrected chi connectivity index (χ2v) is 5.55. The number of Topliss-reactive ketones (excluding diaryl/α,β-unsaturated/α-hetero) is 1. The molecule has 8 heteroatoms. The van der Waals surface area contributed by atoms with Crippen molar-refractivity contribution in [2.24, 2.45) is 15.4 Å². The fourth-order valence-electron chi connectivity index (χ4n) is 2.56. The quantitative estimate of drug-likeness (QED) is 0.724. The maximum Gasteiger partial charge on any atom is 0.204 e. The molecule has 2 aromatic carbocycles. The number of tetrazole rings is 1.